The van der Waals surface area contributed by atoms with Crippen molar-refractivity contribution in [1.29, 1.82) is 0 Å². The molecule has 0 aliphatic heterocycles. The number of nitrogen functional groups attached to an aromatic ring is 1. The van der Waals surface area contributed by atoms with Gasteiger partial charge in [0.05, 0.1) is 0 Å². The minimum absolute atomic E-state index is 0.585. The maximum Gasteiger partial charge on any atom is 0.123 e. The summed E-state index contributed by atoms with van der Waals surface area (Å²) < 4.78 is 0. The molecule has 0 aliphatic rings. The van der Waals surface area contributed by atoms with E-state index in [2.05, 4.69) is 20.9 Å². The first kappa shape index (κ1) is 7.54. The lowest BCUT2D eigenvalue weighted by Gasteiger charge is -2.00. The SMILES string of the molecule is Cc1cc(N)ncc1CBr. The number of nitrogens with two attached hydrogens (primary N) is 1. The van der Waals surface area contributed by atoms with Gasteiger partial charge in [-0.05, 0) is 24.1 Å². The number of alkyl halides is 1. The first-order valence-electron chi connectivity index (χ1n) is 3.01. The van der Waals surface area contributed by atoms with Gasteiger partial charge in [0.25, 0.3) is 0 Å². The highest BCUT2D eigenvalue weighted by Crippen LogP contribution is 2.11. The Balaban J connectivity index is 3.07. The first-order valence-corrected chi connectivity index (χ1v) is 4.13. The standard InChI is InChI=1S/C7H9BrN2/c1-5-2-7(9)10-4-6(5)3-8/h2,4H,3H2,1H3,(H2,9,10). The monoisotopic (exact) mass is 200 g/mol. The largest absolute Gasteiger partial charge is 0.384 e. The van der Waals surface area contributed by atoms with E-state index >= 15 is 0 Å². The average Bonchev–Trinajstić information content (AvgIpc) is 1.88. The molecule has 0 saturated carbocycles. The van der Waals surface area contributed by atoms with Crippen LogP contribution in [0.1, 0.15) is 11.1 Å². The molecule has 10 heavy (non-hydrogen) atoms. The summed E-state index contributed by atoms with van der Waals surface area (Å²) in [4.78, 5) is 3.96. The third-order valence-corrected chi connectivity index (χ3v) is 1.99. The van der Waals surface area contributed by atoms with Crippen LogP contribution in [0.25, 0.3) is 0 Å². The van der Waals surface area contributed by atoms with Crippen molar-refractivity contribution >= 4 is 21.7 Å². The molecule has 2 N–H and O–H groups in total. The van der Waals surface area contributed by atoms with Crippen molar-refractivity contribution in [3.8, 4) is 0 Å². The molecule has 0 unspecified atom stereocenters. The number of aryl methyl sites for hydroxylation is 1. The molecule has 0 bridgehead atoms. The Morgan fingerprint density at radius 3 is 2.90 bits per heavy atom. The van der Waals surface area contributed by atoms with Gasteiger partial charge in [0.2, 0.25) is 0 Å². The summed E-state index contributed by atoms with van der Waals surface area (Å²) in [6, 6.07) is 1.87. The van der Waals surface area contributed by atoms with Crippen LogP contribution in [0.3, 0.4) is 0 Å². The lowest BCUT2D eigenvalue weighted by atomic mass is 10.2. The van der Waals surface area contributed by atoms with E-state index in [1.165, 1.54) is 11.1 Å². The Labute approximate surface area is 68.6 Å². The van der Waals surface area contributed by atoms with Crippen molar-refractivity contribution in [3.63, 3.8) is 0 Å². The van der Waals surface area contributed by atoms with Crippen LogP contribution >= 0.6 is 15.9 Å². The summed E-state index contributed by atoms with van der Waals surface area (Å²) in [5.74, 6) is 0.585. The second kappa shape index (κ2) is 3.01. The molecule has 3 heteroatoms. The maximum absolute atomic E-state index is 5.46. The van der Waals surface area contributed by atoms with E-state index < -0.39 is 0 Å². The van der Waals surface area contributed by atoms with Gasteiger partial charge in [-0.2, -0.15) is 0 Å². The highest BCUT2D eigenvalue weighted by atomic mass is 79.9. The van der Waals surface area contributed by atoms with Crippen molar-refractivity contribution in [2.75, 3.05) is 5.73 Å². The van der Waals surface area contributed by atoms with Crippen LogP contribution in [-0.4, -0.2) is 4.98 Å². The van der Waals surface area contributed by atoms with Crippen LogP contribution in [0.5, 0.6) is 0 Å². The number of halogens is 1. The molecule has 0 spiro atoms. The van der Waals surface area contributed by atoms with Crippen molar-refractivity contribution in [2.45, 2.75) is 12.3 Å². The molecule has 0 aromatic carbocycles. The molecular formula is C7H9BrN2. The topological polar surface area (TPSA) is 38.9 Å². The summed E-state index contributed by atoms with van der Waals surface area (Å²) in [6.45, 7) is 2.02. The quantitative estimate of drug-likeness (QED) is 0.704. The van der Waals surface area contributed by atoms with Gasteiger partial charge in [0.15, 0.2) is 0 Å². The predicted molar refractivity (Wildman–Crippen MR) is 46.0 cm³/mol. The molecule has 1 heterocycles. The molecule has 0 aliphatic carbocycles. The molecule has 1 aromatic heterocycles. The second-order valence-electron chi connectivity index (χ2n) is 2.17. The zero-order valence-corrected chi connectivity index (χ0v) is 7.35. The normalized spacial score (nSPS) is 9.80. The van der Waals surface area contributed by atoms with Gasteiger partial charge in [0, 0.05) is 11.5 Å². The van der Waals surface area contributed by atoms with E-state index in [1.807, 2.05) is 13.0 Å². The Hall–Kier alpha value is -0.570. The van der Waals surface area contributed by atoms with Gasteiger partial charge in [-0.3, -0.25) is 0 Å². The van der Waals surface area contributed by atoms with Crippen molar-refractivity contribution < 1.29 is 0 Å². The van der Waals surface area contributed by atoms with Gasteiger partial charge in [0.1, 0.15) is 5.82 Å². The molecule has 0 fully saturated rings. The fourth-order valence-electron chi connectivity index (χ4n) is 0.746. The molecule has 0 saturated heterocycles. The van der Waals surface area contributed by atoms with Gasteiger partial charge < -0.3 is 5.73 Å². The fourth-order valence-corrected chi connectivity index (χ4v) is 1.33. The number of aromatic nitrogens is 1. The fraction of sp³-hybridized carbons (Fsp3) is 0.286. The van der Waals surface area contributed by atoms with E-state index in [0.717, 1.165) is 5.33 Å². The molecule has 0 atom stereocenters. The zero-order chi connectivity index (χ0) is 7.56. The van der Waals surface area contributed by atoms with E-state index in [-0.39, 0.29) is 0 Å². The minimum atomic E-state index is 0.585. The lowest BCUT2D eigenvalue weighted by Crippen LogP contribution is -1.93. The third-order valence-electron chi connectivity index (χ3n) is 1.38. The van der Waals surface area contributed by atoms with Gasteiger partial charge in [-0.25, -0.2) is 4.98 Å². The third kappa shape index (κ3) is 1.48. The van der Waals surface area contributed by atoms with Crippen LogP contribution in [0, 0.1) is 6.92 Å². The van der Waals surface area contributed by atoms with Crippen molar-refractivity contribution in [1.82, 2.24) is 4.98 Å². The second-order valence-corrected chi connectivity index (χ2v) is 2.73. The van der Waals surface area contributed by atoms with Gasteiger partial charge >= 0.3 is 0 Å². The average molecular weight is 201 g/mol. The van der Waals surface area contributed by atoms with Gasteiger partial charge in [-0.1, -0.05) is 15.9 Å². The molecule has 0 amide bonds. The van der Waals surface area contributed by atoms with Crippen LogP contribution < -0.4 is 5.73 Å². The van der Waals surface area contributed by atoms with Crippen LogP contribution in [0.15, 0.2) is 12.3 Å². The van der Waals surface area contributed by atoms with E-state index in [9.17, 15) is 0 Å². The Kier molecular flexibility index (Phi) is 2.27. The molecular weight excluding hydrogens is 192 g/mol. The molecule has 2 nitrogen and oxygen atoms in total. The van der Waals surface area contributed by atoms with Gasteiger partial charge in [-0.15, -0.1) is 0 Å². The molecule has 54 valence electrons. The Morgan fingerprint density at radius 1 is 1.70 bits per heavy atom. The van der Waals surface area contributed by atoms with Crippen molar-refractivity contribution in [2.24, 2.45) is 0 Å². The number of nitrogens with zero attached hydrogens (tertiary/aromatic N) is 1. The summed E-state index contributed by atoms with van der Waals surface area (Å²) in [5, 5.41) is 0.839. The van der Waals surface area contributed by atoms with E-state index in [0.29, 0.717) is 5.82 Å². The smallest absolute Gasteiger partial charge is 0.123 e. The van der Waals surface area contributed by atoms with E-state index in [1.54, 1.807) is 6.20 Å². The summed E-state index contributed by atoms with van der Waals surface area (Å²) >= 11 is 3.35. The highest BCUT2D eigenvalue weighted by molar-refractivity contribution is 9.08. The van der Waals surface area contributed by atoms with Crippen LogP contribution in [0.4, 0.5) is 5.82 Å². The maximum atomic E-state index is 5.46. The van der Waals surface area contributed by atoms with E-state index in [4.69, 9.17) is 5.73 Å². The van der Waals surface area contributed by atoms with Crippen molar-refractivity contribution in [3.05, 3.63) is 23.4 Å². The minimum Gasteiger partial charge on any atom is -0.384 e. The van der Waals surface area contributed by atoms with Crippen LogP contribution in [-0.2, 0) is 5.33 Å². The lowest BCUT2D eigenvalue weighted by molar-refractivity contribution is 1.21. The molecule has 0 radical (unpaired) electrons. The zero-order valence-electron chi connectivity index (χ0n) is 5.76. The predicted octanol–water partition coefficient (Wildman–Crippen LogP) is 1.87. The highest BCUT2D eigenvalue weighted by Gasteiger charge is 1.95. The molecule has 1 rings (SSSR count). The number of hydrogen-bond donors (Lipinski definition) is 1. The summed E-state index contributed by atoms with van der Waals surface area (Å²) in [7, 11) is 0. The summed E-state index contributed by atoms with van der Waals surface area (Å²) in [5.41, 5.74) is 7.83. The number of rotatable bonds is 1. The number of hydrogen-bond acceptors (Lipinski definition) is 2. The Bertz CT molecular complexity index is 235. The number of anilines is 1. The summed E-state index contributed by atoms with van der Waals surface area (Å²) in [6.07, 6.45) is 1.79. The van der Waals surface area contributed by atoms with Crippen LogP contribution in [0.2, 0.25) is 0 Å². The first-order chi connectivity index (χ1) is 4.74. The molecule has 1 aromatic rings. The number of pyridine rings is 1. The Morgan fingerprint density at radius 2 is 2.40 bits per heavy atom.